The lowest BCUT2D eigenvalue weighted by Gasteiger charge is -2.21. The van der Waals surface area contributed by atoms with Crippen molar-refractivity contribution in [2.24, 2.45) is 0 Å². The highest BCUT2D eigenvalue weighted by Crippen LogP contribution is 2.10. The van der Waals surface area contributed by atoms with Gasteiger partial charge in [0.1, 0.15) is 16.8 Å². The van der Waals surface area contributed by atoms with E-state index >= 15 is 0 Å². The smallest absolute Gasteiger partial charge is 0.149 e. The minimum atomic E-state index is -0.0448. The third-order valence-electron chi connectivity index (χ3n) is 1.80. The maximum absolute atomic E-state index is 5.70. The molecule has 3 heteroatoms. The summed E-state index contributed by atoms with van der Waals surface area (Å²) in [6, 6.07) is 0. The molecule has 1 unspecified atom stereocenters. The first-order valence-corrected chi connectivity index (χ1v) is 5.50. The zero-order valence-electron chi connectivity index (χ0n) is 8.66. The van der Waals surface area contributed by atoms with Crippen LogP contribution in [0.4, 0.5) is 0 Å². The molecule has 76 valence electrons. The summed E-state index contributed by atoms with van der Waals surface area (Å²) >= 11 is 0. The second kappa shape index (κ2) is 8.23. The topological polar surface area (TPSA) is 18.5 Å². The zero-order valence-corrected chi connectivity index (χ0v) is 10.7. The van der Waals surface area contributed by atoms with Gasteiger partial charge in [0, 0.05) is 0 Å². The molecule has 0 radical (unpaired) electrons. The molecule has 0 aliphatic heterocycles. The van der Waals surface area contributed by atoms with Gasteiger partial charge in [0.05, 0.1) is 6.10 Å². The Kier molecular flexibility index (Phi) is 7.98. The molecule has 0 heterocycles. The van der Waals surface area contributed by atoms with Crippen LogP contribution in [0.3, 0.4) is 0 Å². The van der Waals surface area contributed by atoms with Gasteiger partial charge < -0.3 is 9.16 Å². The first kappa shape index (κ1) is 12.6. The molecule has 0 fully saturated rings. The molecule has 0 saturated carbocycles. The highest BCUT2D eigenvalue weighted by Gasteiger charge is 2.11. The van der Waals surface area contributed by atoms with E-state index in [0.717, 1.165) is 29.7 Å². The molecule has 0 aromatic carbocycles. The molecule has 2 nitrogen and oxygen atoms in total. The van der Waals surface area contributed by atoms with E-state index in [-0.39, 0.29) is 12.4 Å². The van der Waals surface area contributed by atoms with E-state index < -0.39 is 0 Å². The third kappa shape index (κ3) is 5.79. The lowest BCUT2D eigenvalue weighted by molar-refractivity contribution is -0.115. The Hall–Kier alpha value is -0.383. The monoisotopic (exact) mass is 200 g/mol. The van der Waals surface area contributed by atoms with Crippen molar-refractivity contribution < 1.29 is 9.16 Å². The van der Waals surface area contributed by atoms with Gasteiger partial charge in [0.15, 0.2) is 0 Å². The summed E-state index contributed by atoms with van der Waals surface area (Å²) in [5.41, 5.74) is 0. The first-order valence-electron chi connectivity index (χ1n) is 4.68. The molecular formula is C10H20O2Si. The maximum atomic E-state index is 5.70. The Morgan fingerprint density at radius 1 is 1.31 bits per heavy atom. The first-order chi connectivity index (χ1) is 6.28. The minimum absolute atomic E-state index is 0.0448. The predicted octanol–water partition coefficient (Wildman–Crippen LogP) is 1.56. The van der Waals surface area contributed by atoms with Crippen molar-refractivity contribution in [3.05, 3.63) is 25.3 Å². The van der Waals surface area contributed by atoms with Gasteiger partial charge in [-0.05, 0) is 19.3 Å². The van der Waals surface area contributed by atoms with Gasteiger partial charge in [-0.1, -0.05) is 19.1 Å². The minimum Gasteiger partial charge on any atom is -0.404 e. The van der Waals surface area contributed by atoms with Crippen molar-refractivity contribution >= 4 is 10.5 Å². The predicted molar refractivity (Wildman–Crippen MR) is 59.6 cm³/mol. The lowest BCUT2D eigenvalue weighted by atomic mass is 10.2. The van der Waals surface area contributed by atoms with Crippen LogP contribution < -0.4 is 0 Å². The molecule has 0 aromatic heterocycles. The van der Waals surface area contributed by atoms with Crippen molar-refractivity contribution in [3.8, 4) is 0 Å². The molecule has 1 atom stereocenters. The Balaban J connectivity index is 3.89. The van der Waals surface area contributed by atoms with Crippen LogP contribution >= 0.6 is 0 Å². The lowest BCUT2D eigenvalue weighted by Crippen LogP contribution is -2.22. The molecular weight excluding hydrogens is 180 g/mol. The van der Waals surface area contributed by atoms with Gasteiger partial charge in [-0.15, -0.1) is 13.2 Å². The van der Waals surface area contributed by atoms with Gasteiger partial charge in [-0.3, -0.25) is 0 Å². The second-order valence-corrected chi connectivity index (χ2v) is 3.35. The fourth-order valence-electron chi connectivity index (χ4n) is 1.11. The highest BCUT2D eigenvalue weighted by molar-refractivity contribution is 5.98. The average Bonchev–Trinajstić information content (AvgIpc) is 2.14. The molecule has 0 amide bonds. The van der Waals surface area contributed by atoms with Gasteiger partial charge in [0.2, 0.25) is 0 Å². The van der Waals surface area contributed by atoms with Crippen molar-refractivity contribution in [2.75, 3.05) is 0 Å². The Labute approximate surface area is 84.2 Å². The maximum Gasteiger partial charge on any atom is 0.149 e. The van der Waals surface area contributed by atoms with Crippen LogP contribution in [0.5, 0.6) is 0 Å². The van der Waals surface area contributed by atoms with E-state index in [4.69, 9.17) is 9.16 Å². The second-order valence-electron chi connectivity index (χ2n) is 2.88. The van der Waals surface area contributed by atoms with Crippen LogP contribution in [0, 0.1) is 0 Å². The number of ether oxygens (including phenoxy) is 1. The Morgan fingerprint density at radius 3 is 2.15 bits per heavy atom. The SMILES string of the molecule is C=CCC(CC=C)OC(CC)O[SiH3]. The molecule has 0 N–H and O–H groups in total. The summed E-state index contributed by atoms with van der Waals surface area (Å²) in [4.78, 5) is 0. The molecule has 0 bridgehead atoms. The standard InChI is InChI=1S/C10H20O2Si/c1-4-7-9(8-5-2)11-10(6-3)12-13/h4-5,9-10H,1-2,6-8H2,3,13H3. The van der Waals surface area contributed by atoms with Crippen LogP contribution in [0.1, 0.15) is 26.2 Å². The number of hydrogen-bond acceptors (Lipinski definition) is 2. The largest absolute Gasteiger partial charge is 0.404 e. The van der Waals surface area contributed by atoms with Crippen LogP contribution in [0.15, 0.2) is 25.3 Å². The van der Waals surface area contributed by atoms with Gasteiger partial charge in [0.25, 0.3) is 0 Å². The summed E-state index contributed by atoms with van der Waals surface area (Å²) in [5, 5.41) is 0. The molecule has 0 spiro atoms. The van der Waals surface area contributed by atoms with Crippen molar-refractivity contribution in [2.45, 2.75) is 38.6 Å². The van der Waals surface area contributed by atoms with E-state index in [1.165, 1.54) is 0 Å². The molecule has 0 saturated heterocycles. The molecule has 0 rings (SSSR count). The van der Waals surface area contributed by atoms with Crippen LogP contribution in [-0.4, -0.2) is 22.9 Å². The normalized spacial score (nSPS) is 13.1. The van der Waals surface area contributed by atoms with Crippen molar-refractivity contribution in [1.29, 1.82) is 0 Å². The van der Waals surface area contributed by atoms with Crippen LogP contribution in [-0.2, 0) is 9.16 Å². The van der Waals surface area contributed by atoms with E-state index in [0.29, 0.717) is 0 Å². The van der Waals surface area contributed by atoms with Gasteiger partial charge >= 0.3 is 0 Å². The van der Waals surface area contributed by atoms with E-state index in [1.54, 1.807) is 0 Å². The molecule has 0 aromatic rings. The van der Waals surface area contributed by atoms with Crippen LogP contribution in [0.2, 0.25) is 0 Å². The number of hydrogen-bond donors (Lipinski definition) is 0. The third-order valence-corrected chi connectivity index (χ3v) is 2.33. The zero-order chi connectivity index (χ0) is 10.1. The van der Waals surface area contributed by atoms with Crippen molar-refractivity contribution in [3.63, 3.8) is 0 Å². The van der Waals surface area contributed by atoms with Gasteiger partial charge in [-0.25, -0.2) is 0 Å². The molecule has 13 heavy (non-hydrogen) atoms. The van der Waals surface area contributed by atoms with E-state index in [2.05, 4.69) is 20.1 Å². The summed E-state index contributed by atoms with van der Waals surface area (Å²) in [7, 11) is 0.719. The van der Waals surface area contributed by atoms with Crippen molar-refractivity contribution in [1.82, 2.24) is 0 Å². The Morgan fingerprint density at radius 2 is 1.85 bits per heavy atom. The summed E-state index contributed by atoms with van der Waals surface area (Å²) in [6.07, 6.45) is 6.47. The quantitative estimate of drug-likeness (QED) is 0.336. The highest BCUT2D eigenvalue weighted by atomic mass is 28.2. The number of rotatable bonds is 8. The van der Waals surface area contributed by atoms with E-state index in [1.807, 2.05) is 12.2 Å². The molecule has 0 aliphatic rings. The summed E-state index contributed by atoms with van der Waals surface area (Å²) in [5.74, 6) is 0. The average molecular weight is 200 g/mol. The fourth-order valence-corrected chi connectivity index (χ4v) is 1.56. The summed E-state index contributed by atoms with van der Waals surface area (Å²) in [6.45, 7) is 9.45. The summed E-state index contributed by atoms with van der Waals surface area (Å²) < 4.78 is 11.0. The van der Waals surface area contributed by atoms with Crippen LogP contribution in [0.25, 0.3) is 0 Å². The molecule has 0 aliphatic carbocycles. The fraction of sp³-hybridized carbons (Fsp3) is 0.600. The van der Waals surface area contributed by atoms with E-state index in [9.17, 15) is 0 Å². The van der Waals surface area contributed by atoms with Gasteiger partial charge in [-0.2, -0.15) is 0 Å². The Bertz CT molecular complexity index is 134.